The predicted octanol–water partition coefficient (Wildman–Crippen LogP) is 8.03. The zero-order valence-corrected chi connectivity index (χ0v) is 37.0. The molecule has 2 aromatic heterocycles. The molecule has 11 heteroatoms. The highest BCUT2D eigenvalue weighted by Crippen LogP contribution is 2.53. The fourth-order valence-corrected chi connectivity index (χ4v) is 12.1. The molecule has 0 amide bonds. The van der Waals surface area contributed by atoms with Crippen LogP contribution in [-0.4, -0.2) is 54.5 Å². The van der Waals surface area contributed by atoms with Crippen molar-refractivity contribution in [1.29, 1.82) is 0 Å². The average molecular weight is 867 g/mol. The highest BCUT2D eigenvalue weighted by Gasteiger charge is 2.47. The summed E-state index contributed by atoms with van der Waals surface area (Å²) < 4.78 is 15.4. The topological polar surface area (TPSA) is 175 Å². The molecule has 10 rings (SSSR count). The van der Waals surface area contributed by atoms with Gasteiger partial charge in [0.15, 0.2) is 17.7 Å². The number of fused-ring (bicyclic) bond motifs is 6. The maximum absolute atomic E-state index is 14.1. The standard InChI is InChI=1S/C53H62N4O7/c1-3-4-5-8-35(50(62)36-12-9-30(2)23-45(36)61)43(59)17-11-31-24-47-46(25-44(31)60)63-22-21-53(19-6-7-20-53)40-16-18-42(58)34-14-15-37-48-32(26-56-51(37)54)10-13-33(49(34)48)38-27-55-41-29-57(28-39(38)41)52(40)64-47/h9,12,14-15,24-25,27-30,32-33,35-36,40,42,45,50-52,55-56,58,60-62H,3-8,10-11,13,17,19-20,23,26,54H2,1-2H3/t30-,32+,33+,35+,36-,40+,42+,45-,50-,51-,52-/m0/s1. The number of nitrogens with one attached hydrogen (secondary N) is 2. The number of ether oxygens (including phenoxy) is 2. The Morgan fingerprint density at radius 1 is 1.03 bits per heavy atom. The van der Waals surface area contributed by atoms with Gasteiger partial charge in [0, 0.05) is 60.8 Å². The Bertz CT molecular complexity index is 2580. The van der Waals surface area contributed by atoms with Gasteiger partial charge in [-0.3, -0.25) is 10.1 Å². The van der Waals surface area contributed by atoms with Crippen LogP contribution in [0.4, 0.5) is 0 Å². The molecule has 3 aliphatic carbocycles. The molecule has 0 radical (unpaired) electrons. The SMILES string of the molecule is CCCCC[C@H](C(=O)CCc1cc2c(cc1O)OC#CC1(CCCC1)[C@@H]1C#C[C@@H](O)c3ccc4c5c3[C@H](CC[C@@H]5CN[C@@H]4N)c3c[nH]c4cn(cc34)[C@H]1O2)[C@H](O)[C@H]1C=C[C@H](C)C[C@@H]1O. The molecule has 4 aromatic rings. The van der Waals surface area contributed by atoms with Gasteiger partial charge in [0.05, 0.1) is 35.2 Å². The summed E-state index contributed by atoms with van der Waals surface area (Å²) in [4.78, 5) is 17.7. The predicted molar refractivity (Wildman–Crippen MR) is 244 cm³/mol. The third-order valence-electron chi connectivity index (χ3n) is 15.6. The van der Waals surface area contributed by atoms with E-state index >= 15 is 0 Å². The number of aromatic nitrogens is 2. The highest BCUT2D eigenvalue weighted by atomic mass is 16.5. The van der Waals surface area contributed by atoms with E-state index in [0.717, 1.165) is 97.5 Å². The quantitative estimate of drug-likeness (QED) is 0.0473. The molecule has 6 aliphatic rings. The summed E-state index contributed by atoms with van der Waals surface area (Å²) in [7, 11) is 0. The molecular formula is C53H62N4O7. The van der Waals surface area contributed by atoms with Crippen molar-refractivity contribution >= 4 is 16.7 Å². The van der Waals surface area contributed by atoms with Crippen LogP contribution in [0.5, 0.6) is 17.2 Å². The highest BCUT2D eigenvalue weighted by molar-refractivity contribution is 5.85. The first kappa shape index (κ1) is 42.9. The number of hydrogen-bond acceptors (Lipinski definition) is 9. The van der Waals surface area contributed by atoms with Crippen LogP contribution < -0.4 is 20.5 Å². The lowest BCUT2D eigenvalue weighted by Gasteiger charge is -2.40. The van der Waals surface area contributed by atoms with Crippen molar-refractivity contribution < 1.29 is 34.7 Å². The summed E-state index contributed by atoms with van der Waals surface area (Å²) in [6.45, 7) is 4.94. The number of benzene rings is 2. The number of aromatic hydroxyl groups is 1. The number of aromatic amines is 1. The number of ketones is 1. The number of aryl methyl sites for hydroxylation is 1. The third-order valence-corrected chi connectivity index (χ3v) is 15.6. The van der Waals surface area contributed by atoms with E-state index in [2.05, 4.69) is 70.3 Å². The number of carbonyl (C=O) groups is 1. The normalized spacial score (nSPS) is 29.4. The van der Waals surface area contributed by atoms with E-state index in [9.17, 15) is 25.2 Å². The number of H-pyrrole nitrogens is 1. The lowest BCUT2D eigenvalue weighted by molar-refractivity contribution is -0.129. The smallest absolute Gasteiger partial charge is 0.191 e. The van der Waals surface area contributed by atoms with Crippen LogP contribution in [0.3, 0.4) is 0 Å². The fourth-order valence-electron chi connectivity index (χ4n) is 12.1. The summed E-state index contributed by atoms with van der Waals surface area (Å²) in [5, 5.41) is 50.8. The zero-order valence-electron chi connectivity index (χ0n) is 37.0. The van der Waals surface area contributed by atoms with Crippen LogP contribution in [0.25, 0.3) is 10.9 Å². The van der Waals surface area contributed by atoms with Gasteiger partial charge < -0.3 is 45.2 Å². The van der Waals surface area contributed by atoms with Crippen molar-refractivity contribution in [1.82, 2.24) is 14.9 Å². The molecule has 3 aliphatic heterocycles. The number of rotatable bonds is 10. The fraction of sp³-hybridized carbons (Fsp3) is 0.528. The molecule has 11 nitrogen and oxygen atoms in total. The van der Waals surface area contributed by atoms with E-state index in [1.54, 1.807) is 6.07 Å². The van der Waals surface area contributed by atoms with E-state index in [0.29, 0.717) is 30.1 Å². The van der Waals surface area contributed by atoms with Crippen molar-refractivity contribution in [2.45, 2.75) is 140 Å². The van der Waals surface area contributed by atoms with Crippen molar-refractivity contribution in [3.8, 4) is 41.1 Å². The second-order valence-electron chi connectivity index (χ2n) is 19.7. The van der Waals surface area contributed by atoms with Crippen LogP contribution in [0, 0.1) is 53.0 Å². The number of aliphatic hydroxyl groups is 3. The second kappa shape index (κ2) is 17.4. The zero-order chi connectivity index (χ0) is 44.3. The van der Waals surface area contributed by atoms with Gasteiger partial charge in [0.1, 0.15) is 23.7 Å². The minimum absolute atomic E-state index is 0.0267. The molecule has 0 unspecified atom stereocenters. The number of carbonyl (C=O) groups excluding carboxylic acids is 1. The first-order valence-corrected chi connectivity index (χ1v) is 23.9. The van der Waals surface area contributed by atoms with Gasteiger partial charge in [-0.2, -0.15) is 0 Å². The maximum Gasteiger partial charge on any atom is 0.191 e. The van der Waals surface area contributed by atoms with Crippen molar-refractivity contribution in [2.75, 3.05) is 6.54 Å². The molecule has 11 atom stereocenters. The molecule has 5 heterocycles. The number of unbranched alkanes of at least 4 members (excludes halogenated alkanes) is 2. The number of aliphatic hydroxyl groups excluding tert-OH is 3. The van der Waals surface area contributed by atoms with Crippen LogP contribution in [0.1, 0.15) is 155 Å². The van der Waals surface area contributed by atoms with Gasteiger partial charge in [-0.1, -0.05) is 88.0 Å². The van der Waals surface area contributed by atoms with E-state index in [1.807, 2.05) is 25.1 Å². The third kappa shape index (κ3) is 7.63. The number of nitrogens with zero attached hydrogens (tertiary/aromatic N) is 1. The van der Waals surface area contributed by atoms with E-state index < -0.39 is 47.7 Å². The van der Waals surface area contributed by atoms with E-state index in [4.69, 9.17) is 15.2 Å². The van der Waals surface area contributed by atoms with Crippen molar-refractivity contribution in [2.24, 2.45) is 34.8 Å². The van der Waals surface area contributed by atoms with Gasteiger partial charge in [-0.25, -0.2) is 0 Å². The molecule has 2 bridgehead atoms. The Kier molecular flexibility index (Phi) is 11.7. The minimum atomic E-state index is -1.06. The lowest BCUT2D eigenvalue weighted by Crippen LogP contribution is -2.41. The molecule has 0 saturated heterocycles. The second-order valence-corrected chi connectivity index (χ2v) is 19.7. The van der Waals surface area contributed by atoms with Gasteiger partial charge in [0.2, 0.25) is 0 Å². The number of hydrogen-bond donors (Lipinski definition) is 7. The van der Waals surface area contributed by atoms with Crippen LogP contribution in [0.15, 0.2) is 55.0 Å². The number of Topliss-reactive ketones (excluding diaryl/α,β-unsaturated/α-hetero) is 1. The van der Waals surface area contributed by atoms with Crippen LogP contribution in [0.2, 0.25) is 0 Å². The Morgan fingerprint density at radius 3 is 2.67 bits per heavy atom. The van der Waals surface area contributed by atoms with E-state index in [1.165, 1.54) is 11.6 Å². The molecule has 8 N–H and O–H groups in total. The van der Waals surface area contributed by atoms with Crippen molar-refractivity contribution in [3.63, 3.8) is 0 Å². The average Bonchev–Trinajstić information content (AvgIpc) is 4.04. The largest absolute Gasteiger partial charge is 0.508 e. The minimum Gasteiger partial charge on any atom is -0.508 e. The molecule has 336 valence electrons. The Hall–Kier alpha value is -5.01. The number of allylic oxidation sites excluding steroid dienone is 1. The maximum atomic E-state index is 14.1. The van der Waals surface area contributed by atoms with Crippen LogP contribution >= 0.6 is 0 Å². The Morgan fingerprint density at radius 2 is 1.86 bits per heavy atom. The monoisotopic (exact) mass is 866 g/mol. The molecule has 1 fully saturated rings. The Labute approximate surface area is 375 Å². The number of phenols is 1. The first-order valence-electron chi connectivity index (χ1n) is 23.9. The summed E-state index contributed by atoms with van der Waals surface area (Å²) in [6.07, 6.45) is 18.9. The number of phenolic OH excluding ortho intramolecular Hbond substituents is 1. The van der Waals surface area contributed by atoms with Crippen molar-refractivity contribution in [3.05, 3.63) is 88.4 Å². The van der Waals surface area contributed by atoms with E-state index in [-0.39, 0.29) is 48.1 Å². The summed E-state index contributed by atoms with van der Waals surface area (Å²) in [6, 6.07) is 7.35. The molecule has 1 saturated carbocycles. The summed E-state index contributed by atoms with van der Waals surface area (Å²) in [5.74, 6) is 9.80. The first-order chi connectivity index (χ1) is 31.0. The van der Waals surface area contributed by atoms with Gasteiger partial charge >= 0.3 is 0 Å². The van der Waals surface area contributed by atoms with Crippen LogP contribution in [-0.2, 0) is 11.2 Å². The molecule has 2 aromatic carbocycles. The molecule has 1 spiro atoms. The Balaban J connectivity index is 1.02. The number of nitrogens with two attached hydrogens (primary N) is 1. The van der Waals surface area contributed by atoms with Gasteiger partial charge in [0.25, 0.3) is 0 Å². The lowest BCUT2D eigenvalue weighted by atomic mass is 9.68. The molecule has 64 heavy (non-hydrogen) atoms. The summed E-state index contributed by atoms with van der Waals surface area (Å²) in [5.41, 5.74) is 13.0. The summed E-state index contributed by atoms with van der Waals surface area (Å²) >= 11 is 0. The molecular weight excluding hydrogens is 805 g/mol. The van der Waals surface area contributed by atoms with Gasteiger partial charge in [-0.05, 0) is 96.2 Å². The van der Waals surface area contributed by atoms with Gasteiger partial charge in [-0.15, -0.1) is 0 Å².